The van der Waals surface area contributed by atoms with Crippen LogP contribution in [0.5, 0.6) is 5.88 Å². The first-order valence-electron chi connectivity index (χ1n) is 8.86. The summed E-state index contributed by atoms with van der Waals surface area (Å²) in [6.45, 7) is 12.0. The molecular formula is C19H32N2O3. The number of nitrogens with zero attached hydrogens (tertiary/aromatic N) is 1. The van der Waals surface area contributed by atoms with E-state index in [0.717, 1.165) is 25.7 Å². The smallest absolute Gasteiger partial charge is 0.266 e. The molecule has 1 heterocycles. The van der Waals surface area contributed by atoms with E-state index in [1.54, 1.807) is 6.92 Å². The molecule has 0 spiro atoms. The number of aryl methyl sites for hydroxylation is 1. The Kier molecular flexibility index (Phi) is 7.06. The summed E-state index contributed by atoms with van der Waals surface area (Å²) < 4.78 is 1.34. The highest BCUT2D eigenvalue weighted by molar-refractivity contribution is 5.95. The molecule has 0 aliphatic rings. The Morgan fingerprint density at radius 2 is 1.96 bits per heavy atom. The van der Waals surface area contributed by atoms with Crippen molar-refractivity contribution in [3.05, 3.63) is 27.5 Å². The lowest BCUT2D eigenvalue weighted by molar-refractivity contribution is 0.0916. The molecule has 0 aromatic carbocycles. The van der Waals surface area contributed by atoms with Gasteiger partial charge in [-0.15, -0.1) is 0 Å². The third-order valence-electron chi connectivity index (χ3n) is 4.18. The zero-order valence-electron chi connectivity index (χ0n) is 15.9. The van der Waals surface area contributed by atoms with Crippen LogP contribution in [0.4, 0.5) is 0 Å². The van der Waals surface area contributed by atoms with Gasteiger partial charge in [-0.2, -0.15) is 0 Å². The molecule has 5 nitrogen and oxygen atoms in total. The third-order valence-corrected chi connectivity index (χ3v) is 4.18. The Morgan fingerprint density at radius 1 is 1.33 bits per heavy atom. The lowest BCUT2D eigenvalue weighted by Crippen LogP contribution is -2.44. The van der Waals surface area contributed by atoms with Crippen LogP contribution in [-0.2, 0) is 6.54 Å². The lowest BCUT2D eigenvalue weighted by atomic mass is 9.99. The molecule has 1 aromatic rings. The normalized spacial score (nSPS) is 12.9. The summed E-state index contributed by atoms with van der Waals surface area (Å²) in [5, 5.41) is 13.0. The molecule has 0 saturated carbocycles. The van der Waals surface area contributed by atoms with Crippen molar-refractivity contribution in [2.45, 2.75) is 79.3 Å². The summed E-state index contributed by atoms with van der Waals surface area (Å²) in [5.41, 5.74) is -0.222. The molecule has 24 heavy (non-hydrogen) atoms. The first-order valence-corrected chi connectivity index (χ1v) is 8.86. The minimum atomic E-state index is -0.425. The van der Waals surface area contributed by atoms with Crippen molar-refractivity contribution in [3.8, 4) is 5.88 Å². The van der Waals surface area contributed by atoms with Gasteiger partial charge in [-0.05, 0) is 45.6 Å². The monoisotopic (exact) mass is 336 g/mol. The number of hydrogen-bond donors (Lipinski definition) is 2. The number of unbranched alkanes of at least 4 members (excludes halogenated alkanes) is 1. The van der Waals surface area contributed by atoms with E-state index in [-0.39, 0.29) is 17.4 Å². The average Bonchev–Trinajstić information content (AvgIpc) is 2.44. The highest BCUT2D eigenvalue weighted by Gasteiger charge is 2.23. The summed E-state index contributed by atoms with van der Waals surface area (Å²) in [4.78, 5) is 25.3. The number of carbonyl (C=O) groups is 1. The van der Waals surface area contributed by atoms with Crippen LogP contribution in [-0.4, -0.2) is 21.1 Å². The van der Waals surface area contributed by atoms with Gasteiger partial charge in [0.1, 0.15) is 5.56 Å². The van der Waals surface area contributed by atoms with Crippen LogP contribution < -0.4 is 10.9 Å². The summed E-state index contributed by atoms with van der Waals surface area (Å²) >= 11 is 0. The minimum absolute atomic E-state index is 0.0697. The zero-order valence-corrected chi connectivity index (χ0v) is 15.9. The lowest BCUT2D eigenvalue weighted by Gasteiger charge is -2.22. The van der Waals surface area contributed by atoms with Crippen molar-refractivity contribution >= 4 is 5.91 Å². The van der Waals surface area contributed by atoms with Crippen molar-refractivity contribution in [1.82, 2.24) is 9.88 Å². The summed E-state index contributed by atoms with van der Waals surface area (Å²) in [6, 6.07) is 1.51. The minimum Gasteiger partial charge on any atom is -0.494 e. The Balaban J connectivity index is 3.21. The fourth-order valence-corrected chi connectivity index (χ4v) is 2.78. The maximum absolute atomic E-state index is 12.8. The molecule has 1 unspecified atom stereocenters. The van der Waals surface area contributed by atoms with E-state index in [1.165, 1.54) is 10.6 Å². The van der Waals surface area contributed by atoms with E-state index in [1.807, 2.05) is 20.8 Å². The van der Waals surface area contributed by atoms with Crippen molar-refractivity contribution in [2.24, 2.45) is 5.92 Å². The van der Waals surface area contributed by atoms with Crippen LogP contribution in [0.15, 0.2) is 10.9 Å². The number of nitrogens with one attached hydrogen (secondary N) is 1. The van der Waals surface area contributed by atoms with Gasteiger partial charge in [-0.1, -0.05) is 33.1 Å². The quantitative estimate of drug-likeness (QED) is 0.799. The summed E-state index contributed by atoms with van der Waals surface area (Å²) in [7, 11) is 0. The largest absolute Gasteiger partial charge is 0.494 e. The topological polar surface area (TPSA) is 71.3 Å². The zero-order chi connectivity index (χ0) is 18.5. The van der Waals surface area contributed by atoms with Crippen LogP contribution in [0.1, 0.15) is 76.2 Å². The maximum atomic E-state index is 12.8. The Labute approximate surface area is 145 Å². The van der Waals surface area contributed by atoms with Crippen LogP contribution in [0.2, 0.25) is 0 Å². The van der Waals surface area contributed by atoms with Crippen LogP contribution in [0.3, 0.4) is 0 Å². The fraction of sp³-hybridized carbons (Fsp3) is 0.684. The standard InChI is InChI=1S/C19H32N2O3/c1-7-9-10-14(8-2)12-21-15(22)11-13(3)16(18(21)24)17(23)20-19(4,5)6/h11,14,22H,7-10,12H2,1-6H3,(H,20,23). The van der Waals surface area contributed by atoms with E-state index in [4.69, 9.17) is 0 Å². The van der Waals surface area contributed by atoms with Crippen LogP contribution in [0, 0.1) is 12.8 Å². The molecule has 1 aromatic heterocycles. The number of hydrogen-bond acceptors (Lipinski definition) is 3. The van der Waals surface area contributed by atoms with Gasteiger partial charge in [-0.25, -0.2) is 0 Å². The molecule has 1 amide bonds. The van der Waals surface area contributed by atoms with Gasteiger partial charge in [0.2, 0.25) is 0 Å². The van der Waals surface area contributed by atoms with Gasteiger partial charge in [0.05, 0.1) is 0 Å². The number of pyridine rings is 1. The number of rotatable bonds is 7. The molecule has 0 radical (unpaired) electrons. The highest BCUT2D eigenvalue weighted by Crippen LogP contribution is 2.19. The maximum Gasteiger partial charge on any atom is 0.266 e. The molecule has 1 rings (SSSR count). The number of amides is 1. The van der Waals surface area contributed by atoms with E-state index >= 15 is 0 Å². The summed E-state index contributed by atoms with van der Waals surface area (Å²) in [6.07, 6.45) is 4.14. The van der Waals surface area contributed by atoms with Gasteiger partial charge in [0, 0.05) is 18.2 Å². The third kappa shape index (κ3) is 5.39. The first-order chi connectivity index (χ1) is 11.1. The van der Waals surface area contributed by atoms with Gasteiger partial charge >= 0.3 is 0 Å². The van der Waals surface area contributed by atoms with Gasteiger partial charge < -0.3 is 10.4 Å². The summed E-state index contributed by atoms with van der Waals surface area (Å²) in [5.74, 6) is -0.144. The van der Waals surface area contributed by atoms with E-state index < -0.39 is 11.1 Å². The van der Waals surface area contributed by atoms with E-state index in [0.29, 0.717) is 18.0 Å². The molecule has 0 aliphatic heterocycles. The molecule has 0 saturated heterocycles. The number of aromatic hydroxyl groups is 1. The van der Waals surface area contributed by atoms with Crippen molar-refractivity contribution in [2.75, 3.05) is 0 Å². The molecule has 0 fully saturated rings. The van der Waals surface area contributed by atoms with E-state index in [2.05, 4.69) is 19.2 Å². The SMILES string of the molecule is CCCCC(CC)Cn1c(O)cc(C)c(C(=O)NC(C)(C)C)c1=O. The van der Waals surface area contributed by atoms with E-state index in [9.17, 15) is 14.7 Å². The molecule has 0 bridgehead atoms. The van der Waals surface area contributed by atoms with Crippen molar-refractivity contribution in [3.63, 3.8) is 0 Å². The van der Waals surface area contributed by atoms with Gasteiger partial charge in [-0.3, -0.25) is 14.2 Å². The molecule has 136 valence electrons. The molecule has 0 aliphatic carbocycles. The first kappa shape index (κ1) is 20.3. The predicted molar refractivity (Wildman–Crippen MR) is 97.6 cm³/mol. The number of aromatic nitrogens is 1. The van der Waals surface area contributed by atoms with Gasteiger partial charge in [0.15, 0.2) is 5.88 Å². The molecule has 5 heteroatoms. The van der Waals surface area contributed by atoms with Gasteiger partial charge in [0.25, 0.3) is 11.5 Å². The molecular weight excluding hydrogens is 304 g/mol. The van der Waals surface area contributed by atoms with Crippen LogP contribution in [0.25, 0.3) is 0 Å². The van der Waals surface area contributed by atoms with Crippen molar-refractivity contribution < 1.29 is 9.90 Å². The molecule has 1 atom stereocenters. The Bertz CT molecular complexity index is 627. The number of carbonyl (C=O) groups excluding carboxylic acids is 1. The average molecular weight is 336 g/mol. The molecule has 2 N–H and O–H groups in total. The highest BCUT2D eigenvalue weighted by atomic mass is 16.3. The van der Waals surface area contributed by atoms with Crippen LogP contribution >= 0.6 is 0 Å². The second kappa shape index (κ2) is 8.36. The predicted octanol–water partition coefficient (Wildman–Crippen LogP) is 3.61. The Morgan fingerprint density at radius 3 is 2.46 bits per heavy atom. The van der Waals surface area contributed by atoms with Crippen molar-refractivity contribution in [1.29, 1.82) is 0 Å². The Hall–Kier alpha value is -1.78. The second-order valence-electron chi connectivity index (χ2n) is 7.60. The second-order valence-corrected chi connectivity index (χ2v) is 7.60. The fourth-order valence-electron chi connectivity index (χ4n) is 2.78.